The van der Waals surface area contributed by atoms with Gasteiger partial charge < -0.3 is 4.74 Å². The van der Waals surface area contributed by atoms with Crippen LogP contribution >= 0.6 is 11.6 Å². The number of hydrogen-bond acceptors (Lipinski definition) is 4. The van der Waals surface area contributed by atoms with Crippen LogP contribution < -0.4 is 10.2 Å². The smallest absolute Gasteiger partial charge is 0.276 e. The number of rotatable bonds is 3. The van der Waals surface area contributed by atoms with Crippen molar-refractivity contribution in [1.29, 1.82) is 0 Å². The number of carbonyl (C=O) groups is 1. The molecule has 0 bridgehead atoms. The molecular formula is C13H11ClN2O3. The molecule has 0 aliphatic rings. The number of halogens is 1. The van der Waals surface area contributed by atoms with E-state index in [9.17, 15) is 9.59 Å². The fourth-order valence-corrected chi connectivity index (χ4v) is 1.82. The molecule has 0 spiro atoms. The number of ether oxygens (including phenoxy) is 1. The highest BCUT2D eigenvalue weighted by atomic mass is 35.5. The molecule has 0 saturated carbocycles. The van der Waals surface area contributed by atoms with Crippen LogP contribution in [0.1, 0.15) is 16.2 Å². The lowest BCUT2D eigenvalue weighted by molar-refractivity contribution is 0.107. The van der Waals surface area contributed by atoms with Gasteiger partial charge in [-0.25, -0.2) is 4.68 Å². The molecule has 1 aromatic carbocycles. The Morgan fingerprint density at radius 1 is 1.37 bits per heavy atom. The average Bonchev–Trinajstić information content (AvgIpc) is 2.38. The molecule has 0 atom stereocenters. The summed E-state index contributed by atoms with van der Waals surface area (Å²) in [7, 11) is 1.55. The van der Waals surface area contributed by atoms with Crippen LogP contribution in [0.3, 0.4) is 0 Å². The van der Waals surface area contributed by atoms with Gasteiger partial charge in [-0.15, -0.1) is 0 Å². The van der Waals surface area contributed by atoms with Gasteiger partial charge in [-0.3, -0.25) is 9.59 Å². The largest absolute Gasteiger partial charge is 0.497 e. The lowest BCUT2D eigenvalue weighted by atomic mass is 10.2. The van der Waals surface area contributed by atoms with E-state index in [-0.39, 0.29) is 5.69 Å². The molecule has 1 heterocycles. The minimum absolute atomic E-state index is 0.296. The summed E-state index contributed by atoms with van der Waals surface area (Å²) in [5.41, 5.74) is 0.489. The van der Waals surface area contributed by atoms with Crippen LogP contribution in [0.5, 0.6) is 5.75 Å². The Kier molecular flexibility index (Phi) is 3.66. The first kappa shape index (κ1) is 13.3. The van der Waals surface area contributed by atoms with E-state index in [0.717, 1.165) is 0 Å². The number of nitrogens with zero attached hydrogens (tertiary/aromatic N) is 2. The Morgan fingerprint density at radius 3 is 2.74 bits per heavy atom. The lowest BCUT2D eigenvalue weighted by Crippen LogP contribution is -2.20. The van der Waals surface area contributed by atoms with E-state index in [1.807, 2.05) is 0 Å². The van der Waals surface area contributed by atoms with Gasteiger partial charge in [-0.2, -0.15) is 5.10 Å². The van der Waals surface area contributed by atoms with Crippen LogP contribution in [-0.4, -0.2) is 22.1 Å². The van der Waals surface area contributed by atoms with Gasteiger partial charge in [0.25, 0.3) is 5.24 Å². The first-order chi connectivity index (χ1) is 9.02. The van der Waals surface area contributed by atoms with Gasteiger partial charge in [0.1, 0.15) is 5.75 Å². The highest BCUT2D eigenvalue weighted by Gasteiger charge is 2.13. The number of hydrogen-bond donors (Lipinski definition) is 0. The quantitative estimate of drug-likeness (QED) is 0.805. The van der Waals surface area contributed by atoms with Crippen molar-refractivity contribution in [3.8, 4) is 11.4 Å². The SMILES string of the molecule is COc1cccc(-n2nc(C(=O)Cl)c(=O)cc2C)c1. The number of methoxy groups -OCH3 is 1. The molecule has 98 valence electrons. The molecule has 0 saturated heterocycles. The third-order valence-electron chi connectivity index (χ3n) is 2.59. The fourth-order valence-electron chi connectivity index (χ4n) is 1.69. The molecule has 0 aliphatic heterocycles. The molecule has 2 aromatic rings. The Bertz CT molecular complexity index is 695. The zero-order valence-corrected chi connectivity index (χ0v) is 11.1. The zero-order valence-electron chi connectivity index (χ0n) is 10.4. The summed E-state index contributed by atoms with van der Waals surface area (Å²) in [5.74, 6) is 0.649. The van der Waals surface area contributed by atoms with Crippen LogP contribution in [0.2, 0.25) is 0 Å². The summed E-state index contributed by atoms with van der Waals surface area (Å²) in [4.78, 5) is 22.7. The Morgan fingerprint density at radius 2 is 2.11 bits per heavy atom. The number of carbonyl (C=O) groups excluding carboxylic acids is 1. The fraction of sp³-hybridized carbons (Fsp3) is 0.154. The Hall–Kier alpha value is -2.14. The van der Waals surface area contributed by atoms with E-state index in [1.165, 1.54) is 10.7 Å². The van der Waals surface area contributed by atoms with Crippen LogP contribution in [-0.2, 0) is 0 Å². The van der Waals surface area contributed by atoms with Crippen LogP contribution in [0.25, 0.3) is 5.69 Å². The normalized spacial score (nSPS) is 10.3. The van der Waals surface area contributed by atoms with Gasteiger partial charge in [0, 0.05) is 17.8 Å². The highest BCUT2D eigenvalue weighted by Crippen LogP contribution is 2.16. The molecule has 0 aliphatic carbocycles. The van der Waals surface area contributed by atoms with Crippen molar-refractivity contribution in [2.24, 2.45) is 0 Å². The van der Waals surface area contributed by atoms with Gasteiger partial charge in [0.2, 0.25) is 5.43 Å². The van der Waals surface area contributed by atoms with Gasteiger partial charge in [-0.05, 0) is 30.7 Å². The monoisotopic (exact) mass is 278 g/mol. The summed E-state index contributed by atoms with van der Waals surface area (Å²) >= 11 is 5.34. The first-order valence-electron chi connectivity index (χ1n) is 5.48. The summed E-state index contributed by atoms with van der Waals surface area (Å²) in [6, 6.07) is 8.43. The molecule has 5 nitrogen and oxygen atoms in total. The number of aromatic nitrogens is 2. The summed E-state index contributed by atoms with van der Waals surface area (Å²) in [5, 5.41) is 3.11. The van der Waals surface area contributed by atoms with Crippen LogP contribution in [0, 0.1) is 6.92 Å². The van der Waals surface area contributed by atoms with Gasteiger partial charge >= 0.3 is 0 Å². The summed E-state index contributed by atoms with van der Waals surface area (Å²) < 4.78 is 6.59. The second kappa shape index (κ2) is 5.24. The van der Waals surface area contributed by atoms with Crippen molar-refractivity contribution >= 4 is 16.8 Å². The standard InChI is InChI=1S/C13H11ClN2O3/c1-8-6-11(17)12(13(14)18)15-16(8)9-4-3-5-10(7-9)19-2/h3-7H,1-2H3. The molecule has 0 fully saturated rings. The highest BCUT2D eigenvalue weighted by molar-refractivity contribution is 6.67. The Labute approximate surface area is 114 Å². The number of aryl methyl sites for hydroxylation is 1. The van der Waals surface area contributed by atoms with Crippen LogP contribution in [0.4, 0.5) is 0 Å². The average molecular weight is 279 g/mol. The maximum absolute atomic E-state index is 11.6. The van der Waals surface area contributed by atoms with Gasteiger partial charge in [-0.1, -0.05) is 6.07 Å². The van der Waals surface area contributed by atoms with Crippen molar-refractivity contribution in [3.05, 3.63) is 51.9 Å². The first-order valence-corrected chi connectivity index (χ1v) is 5.86. The minimum Gasteiger partial charge on any atom is -0.497 e. The van der Waals surface area contributed by atoms with Crippen molar-refractivity contribution in [2.45, 2.75) is 6.92 Å². The maximum Gasteiger partial charge on any atom is 0.276 e. The lowest BCUT2D eigenvalue weighted by Gasteiger charge is -2.11. The van der Waals surface area contributed by atoms with Gasteiger partial charge in [0.05, 0.1) is 12.8 Å². The third-order valence-corrected chi connectivity index (χ3v) is 2.77. The van der Waals surface area contributed by atoms with E-state index < -0.39 is 10.7 Å². The molecule has 6 heteroatoms. The maximum atomic E-state index is 11.6. The molecule has 0 radical (unpaired) electrons. The Balaban J connectivity index is 2.64. The topological polar surface area (TPSA) is 61.2 Å². The van der Waals surface area contributed by atoms with Crippen molar-refractivity contribution in [2.75, 3.05) is 7.11 Å². The molecule has 0 N–H and O–H groups in total. The van der Waals surface area contributed by atoms with Crippen molar-refractivity contribution in [1.82, 2.24) is 9.78 Å². The number of benzene rings is 1. The molecular weight excluding hydrogens is 268 g/mol. The van der Waals surface area contributed by atoms with E-state index >= 15 is 0 Å². The predicted molar refractivity (Wildman–Crippen MR) is 71.3 cm³/mol. The molecule has 1 aromatic heterocycles. The van der Waals surface area contributed by atoms with Crippen molar-refractivity contribution in [3.63, 3.8) is 0 Å². The second-order valence-electron chi connectivity index (χ2n) is 3.89. The molecule has 0 amide bonds. The van der Waals surface area contributed by atoms with Crippen molar-refractivity contribution < 1.29 is 9.53 Å². The van der Waals surface area contributed by atoms with E-state index in [0.29, 0.717) is 17.1 Å². The van der Waals surface area contributed by atoms with E-state index in [2.05, 4.69) is 5.10 Å². The molecule has 0 unspecified atom stereocenters. The summed E-state index contributed by atoms with van der Waals surface area (Å²) in [6.45, 7) is 1.72. The van der Waals surface area contributed by atoms with E-state index in [1.54, 1.807) is 38.3 Å². The molecule has 2 rings (SSSR count). The second-order valence-corrected chi connectivity index (χ2v) is 4.23. The molecule has 19 heavy (non-hydrogen) atoms. The van der Waals surface area contributed by atoms with Crippen LogP contribution in [0.15, 0.2) is 35.1 Å². The van der Waals surface area contributed by atoms with E-state index in [4.69, 9.17) is 16.3 Å². The minimum atomic E-state index is -0.873. The summed E-state index contributed by atoms with van der Waals surface area (Å²) in [6.07, 6.45) is 0. The third kappa shape index (κ3) is 2.66. The van der Waals surface area contributed by atoms with Gasteiger partial charge in [0.15, 0.2) is 5.69 Å². The zero-order chi connectivity index (χ0) is 14.0. The predicted octanol–water partition coefficient (Wildman–Crippen LogP) is 1.93.